The average molecular weight is 455 g/mol. The first-order chi connectivity index (χ1) is 15.1. The first-order valence-corrected chi connectivity index (χ1v) is 10.3. The van der Waals surface area contributed by atoms with Gasteiger partial charge < -0.3 is 15.0 Å². The molecule has 0 atom stereocenters. The van der Waals surface area contributed by atoms with E-state index in [9.17, 15) is 0 Å². The molecule has 0 radical (unpaired) electrons. The lowest BCUT2D eigenvalue weighted by Crippen LogP contribution is -2.48. The van der Waals surface area contributed by atoms with E-state index in [0.717, 1.165) is 48.9 Å². The summed E-state index contributed by atoms with van der Waals surface area (Å²) in [5.41, 5.74) is 3.19. The highest BCUT2D eigenvalue weighted by molar-refractivity contribution is 5.85. The molecule has 0 saturated carbocycles. The van der Waals surface area contributed by atoms with E-state index >= 15 is 0 Å². The fraction of sp³-hybridized carbons (Fsp3) is 0.364. The van der Waals surface area contributed by atoms with E-state index in [1.54, 1.807) is 7.11 Å². The van der Waals surface area contributed by atoms with Crippen molar-refractivity contribution in [3.8, 4) is 23.1 Å². The average Bonchev–Trinajstić information content (AvgIpc) is 3.27. The van der Waals surface area contributed by atoms with Gasteiger partial charge in [-0.15, -0.1) is 12.4 Å². The standard InChI is InChI=1S/C22H26N8O.ClH/c1-15(2)29-6-8-30(9-7-29)17-4-5-18(20(10-17)31-3)19-11-21(28-27-19)26-22-14-24-16(12-23)13-25-22;/h4-5,10-11,13-15H,6-9H2,1-3H3,(H2,25,26,27,28);1H. The maximum Gasteiger partial charge on any atom is 0.158 e. The predicted molar refractivity (Wildman–Crippen MR) is 127 cm³/mol. The Morgan fingerprint density at radius 2 is 1.88 bits per heavy atom. The number of ether oxygens (including phenoxy) is 1. The van der Waals surface area contributed by atoms with Gasteiger partial charge in [-0.25, -0.2) is 9.97 Å². The van der Waals surface area contributed by atoms with E-state index in [4.69, 9.17) is 10.00 Å². The summed E-state index contributed by atoms with van der Waals surface area (Å²) in [5, 5.41) is 19.3. The number of aromatic nitrogens is 4. The molecule has 2 N–H and O–H groups in total. The van der Waals surface area contributed by atoms with Gasteiger partial charge in [-0.3, -0.25) is 10.00 Å². The van der Waals surface area contributed by atoms with Crippen molar-refractivity contribution in [2.75, 3.05) is 43.5 Å². The summed E-state index contributed by atoms with van der Waals surface area (Å²) in [6, 6.07) is 10.7. The van der Waals surface area contributed by atoms with Crippen LogP contribution in [0.15, 0.2) is 36.7 Å². The number of H-pyrrole nitrogens is 1. The van der Waals surface area contributed by atoms with Gasteiger partial charge in [0, 0.05) is 55.6 Å². The topological polar surface area (TPSA) is 106 Å². The molecule has 0 spiro atoms. The monoisotopic (exact) mass is 454 g/mol. The Bertz CT molecular complexity index is 1070. The summed E-state index contributed by atoms with van der Waals surface area (Å²) < 4.78 is 5.69. The van der Waals surface area contributed by atoms with Crippen LogP contribution in [0, 0.1) is 11.3 Å². The fourth-order valence-electron chi connectivity index (χ4n) is 3.70. The number of halogens is 1. The second-order valence-electron chi connectivity index (χ2n) is 7.69. The maximum atomic E-state index is 8.83. The molecule has 0 unspecified atom stereocenters. The highest BCUT2D eigenvalue weighted by atomic mass is 35.5. The van der Waals surface area contributed by atoms with Gasteiger partial charge in [0.15, 0.2) is 11.5 Å². The van der Waals surface area contributed by atoms with Gasteiger partial charge in [-0.2, -0.15) is 10.4 Å². The van der Waals surface area contributed by atoms with Crippen molar-refractivity contribution in [2.24, 2.45) is 0 Å². The lowest BCUT2D eigenvalue weighted by atomic mass is 10.1. The molecule has 4 rings (SSSR count). The first kappa shape index (κ1) is 23.3. The number of aromatic amines is 1. The molecule has 0 bridgehead atoms. The van der Waals surface area contributed by atoms with Crippen LogP contribution in [0.3, 0.4) is 0 Å². The molecular formula is C22H27ClN8O. The van der Waals surface area contributed by atoms with Crippen molar-refractivity contribution in [1.29, 1.82) is 5.26 Å². The molecule has 0 amide bonds. The molecule has 1 aliphatic rings. The van der Waals surface area contributed by atoms with E-state index in [0.29, 0.717) is 17.7 Å². The number of rotatable bonds is 6. The van der Waals surface area contributed by atoms with E-state index < -0.39 is 0 Å². The van der Waals surface area contributed by atoms with E-state index in [1.165, 1.54) is 12.4 Å². The van der Waals surface area contributed by atoms with Crippen LogP contribution in [0.4, 0.5) is 17.3 Å². The minimum atomic E-state index is 0. The molecule has 1 fully saturated rings. The van der Waals surface area contributed by atoms with E-state index in [-0.39, 0.29) is 18.1 Å². The lowest BCUT2D eigenvalue weighted by molar-refractivity contribution is 0.209. The van der Waals surface area contributed by atoms with Crippen LogP contribution < -0.4 is 15.0 Å². The van der Waals surface area contributed by atoms with Crippen molar-refractivity contribution >= 4 is 29.7 Å². The molecule has 1 saturated heterocycles. The number of hydrogen-bond acceptors (Lipinski definition) is 8. The normalized spacial score (nSPS) is 14.0. The minimum Gasteiger partial charge on any atom is -0.496 e. The largest absolute Gasteiger partial charge is 0.496 e. The van der Waals surface area contributed by atoms with Crippen molar-refractivity contribution in [2.45, 2.75) is 19.9 Å². The third kappa shape index (κ3) is 5.10. The third-order valence-electron chi connectivity index (χ3n) is 5.49. The van der Waals surface area contributed by atoms with Crippen LogP contribution in [0.2, 0.25) is 0 Å². The predicted octanol–water partition coefficient (Wildman–Crippen LogP) is 3.44. The van der Waals surface area contributed by atoms with Gasteiger partial charge in [0.2, 0.25) is 0 Å². The smallest absolute Gasteiger partial charge is 0.158 e. The zero-order valence-electron chi connectivity index (χ0n) is 18.4. The van der Waals surface area contributed by atoms with Crippen molar-refractivity contribution in [3.05, 3.63) is 42.4 Å². The summed E-state index contributed by atoms with van der Waals surface area (Å²) in [6.07, 6.45) is 2.92. The second-order valence-corrected chi connectivity index (χ2v) is 7.69. The number of anilines is 3. The molecule has 1 aromatic carbocycles. The summed E-state index contributed by atoms with van der Waals surface area (Å²) in [4.78, 5) is 13.1. The SMILES string of the molecule is COc1cc(N2CCN(C(C)C)CC2)ccc1-c1cc(Nc2cnc(C#N)cn2)n[nH]1.Cl. The third-order valence-corrected chi connectivity index (χ3v) is 5.49. The van der Waals surface area contributed by atoms with Crippen LogP contribution >= 0.6 is 12.4 Å². The van der Waals surface area contributed by atoms with Gasteiger partial charge in [-0.05, 0) is 26.0 Å². The zero-order chi connectivity index (χ0) is 21.8. The Labute approximate surface area is 193 Å². The zero-order valence-corrected chi connectivity index (χ0v) is 19.2. The van der Waals surface area contributed by atoms with Crippen LogP contribution in [-0.4, -0.2) is 64.4 Å². The number of piperazine rings is 1. The molecule has 10 heteroatoms. The molecule has 0 aliphatic carbocycles. The Morgan fingerprint density at radius 1 is 1.09 bits per heavy atom. The number of methoxy groups -OCH3 is 1. The van der Waals surface area contributed by atoms with E-state index in [2.05, 4.69) is 67.3 Å². The highest BCUT2D eigenvalue weighted by Crippen LogP contribution is 2.34. The Morgan fingerprint density at radius 3 is 2.50 bits per heavy atom. The number of nitrogens with zero attached hydrogens (tertiary/aromatic N) is 6. The summed E-state index contributed by atoms with van der Waals surface area (Å²) in [5.74, 6) is 1.90. The van der Waals surface area contributed by atoms with E-state index in [1.807, 2.05) is 12.1 Å². The van der Waals surface area contributed by atoms with Crippen molar-refractivity contribution in [1.82, 2.24) is 25.1 Å². The lowest BCUT2D eigenvalue weighted by Gasteiger charge is -2.38. The van der Waals surface area contributed by atoms with Crippen LogP contribution in [0.5, 0.6) is 5.75 Å². The van der Waals surface area contributed by atoms with Crippen molar-refractivity contribution in [3.63, 3.8) is 0 Å². The number of benzene rings is 1. The highest BCUT2D eigenvalue weighted by Gasteiger charge is 2.20. The van der Waals surface area contributed by atoms with Crippen LogP contribution in [-0.2, 0) is 0 Å². The molecule has 168 valence electrons. The Hall–Kier alpha value is -3.35. The summed E-state index contributed by atoms with van der Waals surface area (Å²) in [7, 11) is 1.68. The summed E-state index contributed by atoms with van der Waals surface area (Å²) in [6.45, 7) is 8.63. The van der Waals surface area contributed by atoms with Crippen molar-refractivity contribution < 1.29 is 4.74 Å². The summed E-state index contributed by atoms with van der Waals surface area (Å²) >= 11 is 0. The number of hydrogen-bond donors (Lipinski definition) is 2. The van der Waals surface area contributed by atoms with Gasteiger partial charge in [0.25, 0.3) is 0 Å². The number of nitriles is 1. The van der Waals surface area contributed by atoms with Crippen LogP contribution in [0.1, 0.15) is 19.5 Å². The Balaban J connectivity index is 0.00000289. The van der Waals surface area contributed by atoms with Gasteiger partial charge in [0.05, 0.1) is 25.2 Å². The maximum absolute atomic E-state index is 8.83. The molecule has 3 heterocycles. The first-order valence-electron chi connectivity index (χ1n) is 10.3. The fourth-order valence-corrected chi connectivity index (χ4v) is 3.70. The molecule has 32 heavy (non-hydrogen) atoms. The van der Waals surface area contributed by atoms with Gasteiger partial charge in [-0.1, -0.05) is 0 Å². The Kier molecular flexibility index (Phi) is 7.51. The molecule has 1 aliphatic heterocycles. The quantitative estimate of drug-likeness (QED) is 0.583. The van der Waals surface area contributed by atoms with Crippen LogP contribution in [0.25, 0.3) is 11.3 Å². The molecule has 9 nitrogen and oxygen atoms in total. The minimum absolute atomic E-state index is 0. The van der Waals surface area contributed by atoms with Gasteiger partial charge >= 0.3 is 0 Å². The number of nitrogens with one attached hydrogen (secondary N) is 2. The second kappa shape index (κ2) is 10.3. The molecule has 2 aromatic heterocycles. The molecular weight excluding hydrogens is 428 g/mol. The van der Waals surface area contributed by atoms with Gasteiger partial charge in [0.1, 0.15) is 17.6 Å². The molecule has 3 aromatic rings.